The molecule has 20 heavy (non-hydrogen) atoms. The van der Waals surface area contributed by atoms with Gasteiger partial charge in [0.15, 0.2) is 0 Å². The molecule has 0 spiro atoms. The van der Waals surface area contributed by atoms with Crippen LogP contribution >= 0.6 is 22.6 Å². The summed E-state index contributed by atoms with van der Waals surface area (Å²) in [6.07, 6.45) is 1.01. The Balaban J connectivity index is 2.78. The number of hydrogen-bond donors (Lipinski definition) is 2. The Labute approximate surface area is 128 Å². The average Bonchev–Trinajstić information content (AvgIpc) is 2.32. The van der Waals surface area contributed by atoms with Crippen LogP contribution in [0.1, 0.15) is 26.2 Å². The molecule has 1 rings (SSSR count). The number of nitro groups is 1. The van der Waals surface area contributed by atoms with Crippen molar-refractivity contribution < 1.29 is 19.2 Å². The molecule has 0 fully saturated rings. The van der Waals surface area contributed by atoms with Gasteiger partial charge in [0.1, 0.15) is 11.5 Å². The molecule has 0 aliphatic rings. The summed E-state index contributed by atoms with van der Waals surface area (Å²) >= 11 is 1.69. The first kappa shape index (κ1) is 16.6. The lowest BCUT2D eigenvalue weighted by molar-refractivity contribution is -0.384. The Morgan fingerprint density at radius 3 is 2.80 bits per heavy atom. The SMILES string of the molecule is CC(CCCC(=O)O)Nc1cc(F)c(I)cc1[N+](=O)[O-]. The average molecular weight is 396 g/mol. The summed E-state index contributed by atoms with van der Waals surface area (Å²) in [6.45, 7) is 1.77. The van der Waals surface area contributed by atoms with Crippen LogP contribution in [0.2, 0.25) is 0 Å². The van der Waals surface area contributed by atoms with Crippen molar-refractivity contribution in [2.24, 2.45) is 0 Å². The molecule has 0 amide bonds. The number of rotatable bonds is 7. The molecule has 0 heterocycles. The smallest absolute Gasteiger partial charge is 0.303 e. The molecule has 1 aromatic carbocycles. The lowest BCUT2D eigenvalue weighted by Crippen LogP contribution is -2.16. The Morgan fingerprint density at radius 2 is 2.25 bits per heavy atom. The summed E-state index contributed by atoms with van der Waals surface area (Å²) in [5.74, 6) is -1.42. The van der Waals surface area contributed by atoms with Crippen LogP contribution in [0.4, 0.5) is 15.8 Å². The zero-order valence-corrected chi connectivity index (χ0v) is 12.9. The van der Waals surface area contributed by atoms with Crippen LogP contribution in [0.15, 0.2) is 12.1 Å². The second kappa shape index (κ2) is 7.36. The number of nitro benzene ring substituents is 1. The third-order valence-corrected chi connectivity index (χ3v) is 3.49. The summed E-state index contributed by atoms with van der Waals surface area (Å²) < 4.78 is 13.7. The third-order valence-electron chi connectivity index (χ3n) is 2.66. The zero-order chi connectivity index (χ0) is 15.3. The summed E-state index contributed by atoms with van der Waals surface area (Å²) in [5, 5.41) is 22.3. The minimum absolute atomic E-state index is 0.0369. The molecule has 0 aromatic heterocycles. The van der Waals surface area contributed by atoms with Crippen molar-refractivity contribution in [3.05, 3.63) is 31.6 Å². The van der Waals surface area contributed by atoms with E-state index in [0.29, 0.717) is 12.8 Å². The lowest BCUT2D eigenvalue weighted by Gasteiger charge is -2.15. The summed E-state index contributed by atoms with van der Waals surface area (Å²) in [4.78, 5) is 20.8. The van der Waals surface area contributed by atoms with Gasteiger partial charge < -0.3 is 10.4 Å². The van der Waals surface area contributed by atoms with E-state index in [2.05, 4.69) is 5.32 Å². The first-order valence-electron chi connectivity index (χ1n) is 5.93. The molecule has 0 saturated heterocycles. The Bertz CT molecular complexity index is 524. The summed E-state index contributed by atoms with van der Waals surface area (Å²) in [6, 6.07) is 2.07. The molecule has 0 aliphatic carbocycles. The highest BCUT2D eigenvalue weighted by Crippen LogP contribution is 2.29. The van der Waals surface area contributed by atoms with E-state index in [1.54, 1.807) is 29.5 Å². The van der Waals surface area contributed by atoms with E-state index in [1.165, 1.54) is 6.07 Å². The van der Waals surface area contributed by atoms with Crippen LogP contribution in [-0.2, 0) is 4.79 Å². The van der Waals surface area contributed by atoms with E-state index < -0.39 is 16.7 Å². The maximum Gasteiger partial charge on any atom is 0.303 e. The van der Waals surface area contributed by atoms with E-state index >= 15 is 0 Å². The highest BCUT2D eigenvalue weighted by molar-refractivity contribution is 14.1. The zero-order valence-electron chi connectivity index (χ0n) is 10.7. The van der Waals surface area contributed by atoms with Crippen molar-refractivity contribution in [2.75, 3.05) is 5.32 Å². The number of benzene rings is 1. The number of carboxylic acid groups (broad SMARTS) is 1. The Kier molecular flexibility index (Phi) is 6.11. The van der Waals surface area contributed by atoms with Gasteiger partial charge in [0.05, 0.1) is 8.49 Å². The van der Waals surface area contributed by atoms with Gasteiger partial charge in [-0.25, -0.2) is 4.39 Å². The lowest BCUT2D eigenvalue weighted by atomic mass is 10.1. The van der Waals surface area contributed by atoms with Gasteiger partial charge in [-0.05, 0) is 42.4 Å². The first-order valence-corrected chi connectivity index (χ1v) is 7.01. The normalized spacial score (nSPS) is 11.9. The van der Waals surface area contributed by atoms with Gasteiger partial charge in [-0.15, -0.1) is 0 Å². The third kappa shape index (κ3) is 4.91. The van der Waals surface area contributed by atoms with Crippen LogP contribution in [0.3, 0.4) is 0 Å². The molecule has 8 heteroatoms. The number of halogens is 2. The van der Waals surface area contributed by atoms with Crippen LogP contribution in [0, 0.1) is 19.5 Å². The number of nitrogens with zero attached hydrogens (tertiary/aromatic N) is 1. The van der Waals surface area contributed by atoms with Crippen LogP contribution in [0.5, 0.6) is 0 Å². The number of hydrogen-bond acceptors (Lipinski definition) is 4. The monoisotopic (exact) mass is 396 g/mol. The van der Waals surface area contributed by atoms with Crippen molar-refractivity contribution in [3.8, 4) is 0 Å². The molecule has 6 nitrogen and oxygen atoms in total. The topological polar surface area (TPSA) is 92.5 Å². The van der Waals surface area contributed by atoms with Gasteiger partial charge in [0, 0.05) is 24.6 Å². The minimum Gasteiger partial charge on any atom is -0.481 e. The van der Waals surface area contributed by atoms with Gasteiger partial charge in [0.25, 0.3) is 5.69 Å². The standard InChI is InChI=1S/C12H14FIN2O4/c1-7(3-2-4-12(17)18)15-10-5-8(13)9(14)6-11(10)16(19)20/h5-7,15H,2-4H2,1H3,(H,17,18). The molecule has 0 aliphatic heterocycles. The highest BCUT2D eigenvalue weighted by atomic mass is 127. The number of nitrogens with one attached hydrogen (secondary N) is 1. The quantitative estimate of drug-likeness (QED) is 0.419. The fourth-order valence-corrected chi connectivity index (χ4v) is 2.15. The second-order valence-corrected chi connectivity index (χ2v) is 5.53. The van der Waals surface area contributed by atoms with Crippen LogP contribution < -0.4 is 5.32 Å². The van der Waals surface area contributed by atoms with Crippen molar-refractivity contribution in [3.63, 3.8) is 0 Å². The Morgan fingerprint density at radius 1 is 1.60 bits per heavy atom. The van der Waals surface area contributed by atoms with E-state index in [-0.39, 0.29) is 27.4 Å². The maximum absolute atomic E-state index is 13.5. The molecule has 0 bridgehead atoms. The first-order chi connectivity index (χ1) is 9.31. The van der Waals surface area contributed by atoms with Gasteiger partial charge in [-0.3, -0.25) is 14.9 Å². The highest BCUT2D eigenvalue weighted by Gasteiger charge is 2.18. The Hall–Kier alpha value is -1.45. The summed E-state index contributed by atoms with van der Waals surface area (Å²) in [5.41, 5.74) is -0.0865. The molecular weight excluding hydrogens is 382 g/mol. The summed E-state index contributed by atoms with van der Waals surface area (Å²) in [7, 11) is 0. The molecule has 0 saturated carbocycles. The number of anilines is 1. The fourth-order valence-electron chi connectivity index (χ4n) is 1.70. The van der Waals surface area contributed by atoms with E-state index in [9.17, 15) is 19.3 Å². The van der Waals surface area contributed by atoms with Gasteiger partial charge in [0.2, 0.25) is 0 Å². The van der Waals surface area contributed by atoms with Gasteiger partial charge >= 0.3 is 5.97 Å². The molecule has 1 aromatic rings. The molecule has 2 N–H and O–H groups in total. The van der Waals surface area contributed by atoms with Crippen molar-refractivity contribution in [2.45, 2.75) is 32.2 Å². The largest absolute Gasteiger partial charge is 0.481 e. The van der Waals surface area contributed by atoms with E-state index in [4.69, 9.17) is 5.11 Å². The van der Waals surface area contributed by atoms with E-state index in [0.717, 1.165) is 6.07 Å². The minimum atomic E-state index is -0.886. The molecule has 1 unspecified atom stereocenters. The predicted octanol–water partition coefficient (Wildman–Crippen LogP) is 3.39. The molecule has 0 radical (unpaired) electrons. The number of carbonyl (C=O) groups is 1. The van der Waals surface area contributed by atoms with Crippen molar-refractivity contribution in [1.29, 1.82) is 0 Å². The maximum atomic E-state index is 13.5. The van der Waals surface area contributed by atoms with Crippen LogP contribution in [0.25, 0.3) is 0 Å². The fraction of sp³-hybridized carbons (Fsp3) is 0.417. The van der Waals surface area contributed by atoms with Crippen molar-refractivity contribution >= 4 is 39.9 Å². The number of aliphatic carboxylic acids is 1. The second-order valence-electron chi connectivity index (χ2n) is 4.37. The van der Waals surface area contributed by atoms with Crippen LogP contribution in [-0.4, -0.2) is 22.0 Å². The van der Waals surface area contributed by atoms with Crippen molar-refractivity contribution in [1.82, 2.24) is 0 Å². The molecule has 110 valence electrons. The van der Waals surface area contributed by atoms with E-state index in [1.807, 2.05) is 0 Å². The number of carboxylic acids is 1. The predicted molar refractivity (Wildman–Crippen MR) is 80.3 cm³/mol. The molecular formula is C12H14FIN2O4. The molecule has 1 atom stereocenters. The van der Waals surface area contributed by atoms with Gasteiger partial charge in [-0.2, -0.15) is 0 Å². The van der Waals surface area contributed by atoms with Gasteiger partial charge in [-0.1, -0.05) is 0 Å².